The lowest BCUT2D eigenvalue weighted by Gasteiger charge is -2.11. The van der Waals surface area contributed by atoms with E-state index in [9.17, 15) is 4.79 Å². The van der Waals surface area contributed by atoms with E-state index in [-0.39, 0.29) is 11.2 Å². The number of fused-ring (bicyclic) bond motifs is 3. The molecule has 0 aliphatic rings. The van der Waals surface area contributed by atoms with Crippen molar-refractivity contribution in [1.82, 2.24) is 19.7 Å². The van der Waals surface area contributed by atoms with E-state index in [1.807, 2.05) is 25.1 Å². The second-order valence-corrected chi connectivity index (χ2v) is 8.03. The summed E-state index contributed by atoms with van der Waals surface area (Å²) in [7, 11) is 0. The SMILES string of the molecule is CCn1c2ccccc2c2nnc(S[C@@H](C)C(=O)Nc3ccc(Cl)cc3)nc21. The van der Waals surface area contributed by atoms with Gasteiger partial charge in [-0.15, -0.1) is 10.2 Å². The van der Waals surface area contributed by atoms with Crippen LogP contribution in [0.4, 0.5) is 5.69 Å². The van der Waals surface area contributed by atoms with Crippen LogP contribution < -0.4 is 5.32 Å². The number of aromatic nitrogens is 4. The zero-order valence-electron chi connectivity index (χ0n) is 15.4. The predicted molar refractivity (Wildman–Crippen MR) is 114 cm³/mol. The molecule has 0 aliphatic carbocycles. The first kappa shape index (κ1) is 18.7. The van der Waals surface area contributed by atoms with Crippen molar-refractivity contribution >= 4 is 57.0 Å². The van der Waals surface area contributed by atoms with Crippen LogP contribution in [0, 0.1) is 0 Å². The Morgan fingerprint density at radius 1 is 1.18 bits per heavy atom. The van der Waals surface area contributed by atoms with Crippen LogP contribution in [0.1, 0.15) is 13.8 Å². The molecule has 0 saturated carbocycles. The first-order valence-electron chi connectivity index (χ1n) is 8.91. The van der Waals surface area contributed by atoms with Crippen LogP contribution in [0.25, 0.3) is 22.1 Å². The Balaban J connectivity index is 1.58. The van der Waals surface area contributed by atoms with Crippen molar-refractivity contribution in [1.29, 1.82) is 0 Å². The van der Waals surface area contributed by atoms with Crippen LogP contribution in [0.3, 0.4) is 0 Å². The Morgan fingerprint density at radius 3 is 2.68 bits per heavy atom. The standard InChI is InChI=1S/C20H18ClN5OS/c1-3-26-16-7-5-4-6-15(16)17-18(26)23-20(25-24-17)28-12(2)19(27)22-14-10-8-13(21)9-11-14/h4-12H,3H2,1-2H3,(H,22,27)/t12-/m0/s1. The highest BCUT2D eigenvalue weighted by molar-refractivity contribution is 8.00. The van der Waals surface area contributed by atoms with Crippen LogP contribution >= 0.6 is 23.4 Å². The van der Waals surface area contributed by atoms with E-state index in [4.69, 9.17) is 11.6 Å². The van der Waals surface area contributed by atoms with Gasteiger partial charge in [-0.2, -0.15) is 0 Å². The van der Waals surface area contributed by atoms with E-state index < -0.39 is 0 Å². The molecule has 28 heavy (non-hydrogen) atoms. The fourth-order valence-electron chi connectivity index (χ4n) is 3.05. The van der Waals surface area contributed by atoms with Gasteiger partial charge in [0.05, 0.1) is 10.8 Å². The second-order valence-electron chi connectivity index (χ2n) is 6.28. The topological polar surface area (TPSA) is 72.7 Å². The number of carbonyl (C=O) groups excluding carboxylic acids is 1. The molecule has 0 spiro atoms. The van der Waals surface area contributed by atoms with Crippen molar-refractivity contribution in [2.24, 2.45) is 0 Å². The molecule has 0 bridgehead atoms. The zero-order valence-corrected chi connectivity index (χ0v) is 17.0. The number of para-hydroxylation sites is 1. The lowest BCUT2D eigenvalue weighted by atomic mass is 10.2. The molecule has 0 fully saturated rings. The molecule has 2 aromatic carbocycles. The van der Waals surface area contributed by atoms with E-state index in [1.165, 1.54) is 11.8 Å². The first-order chi connectivity index (χ1) is 13.6. The highest BCUT2D eigenvalue weighted by Crippen LogP contribution is 2.28. The molecule has 8 heteroatoms. The minimum absolute atomic E-state index is 0.132. The van der Waals surface area contributed by atoms with Crippen LogP contribution in [0.15, 0.2) is 53.7 Å². The Kier molecular flexibility index (Phi) is 5.19. The molecule has 0 radical (unpaired) electrons. The van der Waals surface area contributed by atoms with Crippen molar-refractivity contribution in [2.45, 2.75) is 30.8 Å². The average Bonchev–Trinajstić information content (AvgIpc) is 3.02. The van der Waals surface area contributed by atoms with Crippen LogP contribution in [-0.4, -0.2) is 30.9 Å². The third-order valence-electron chi connectivity index (χ3n) is 4.43. The number of hydrogen-bond donors (Lipinski definition) is 1. The number of rotatable bonds is 5. The summed E-state index contributed by atoms with van der Waals surface area (Å²) < 4.78 is 2.11. The summed E-state index contributed by atoms with van der Waals surface area (Å²) >= 11 is 7.16. The van der Waals surface area contributed by atoms with Gasteiger partial charge in [-0.1, -0.05) is 41.6 Å². The highest BCUT2D eigenvalue weighted by Gasteiger charge is 2.19. The van der Waals surface area contributed by atoms with Gasteiger partial charge in [-0.3, -0.25) is 4.79 Å². The maximum atomic E-state index is 12.5. The number of nitrogens with one attached hydrogen (secondary N) is 1. The van der Waals surface area contributed by atoms with Gasteiger partial charge in [0.25, 0.3) is 0 Å². The monoisotopic (exact) mass is 411 g/mol. The van der Waals surface area contributed by atoms with Gasteiger partial charge in [-0.25, -0.2) is 4.98 Å². The maximum Gasteiger partial charge on any atom is 0.237 e. The fraction of sp³-hybridized carbons (Fsp3) is 0.200. The largest absolute Gasteiger partial charge is 0.325 e. The number of anilines is 1. The summed E-state index contributed by atoms with van der Waals surface area (Å²) in [4.78, 5) is 17.2. The molecule has 0 aliphatic heterocycles. The first-order valence-corrected chi connectivity index (χ1v) is 10.2. The summed E-state index contributed by atoms with van der Waals surface area (Å²) in [6, 6.07) is 15.1. The molecule has 0 saturated heterocycles. The van der Waals surface area contributed by atoms with Gasteiger partial charge in [0.1, 0.15) is 5.52 Å². The van der Waals surface area contributed by atoms with Crippen molar-refractivity contribution in [3.8, 4) is 0 Å². The molecule has 1 amide bonds. The number of carbonyl (C=O) groups is 1. The Labute approximate surface area is 171 Å². The highest BCUT2D eigenvalue weighted by atomic mass is 35.5. The normalized spacial score (nSPS) is 12.4. The average molecular weight is 412 g/mol. The molecule has 0 unspecified atom stereocenters. The molecule has 1 N–H and O–H groups in total. The molecular weight excluding hydrogens is 394 g/mol. The number of benzene rings is 2. The fourth-order valence-corrected chi connectivity index (χ4v) is 3.88. The van der Waals surface area contributed by atoms with E-state index in [1.54, 1.807) is 24.3 Å². The molecule has 4 rings (SSSR count). The lowest BCUT2D eigenvalue weighted by Crippen LogP contribution is -2.22. The van der Waals surface area contributed by atoms with Crippen molar-refractivity contribution < 1.29 is 4.79 Å². The van der Waals surface area contributed by atoms with E-state index in [2.05, 4.69) is 38.1 Å². The maximum absolute atomic E-state index is 12.5. The Hall–Kier alpha value is -2.64. The zero-order chi connectivity index (χ0) is 19.7. The second kappa shape index (κ2) is 7.77. The molecule has 2 aromatic heterocycles. The van der Waals surface area contributed by atoms with E-state index in [0.29, 0.717) is 15.9 Å². The summed E-state index contributed by atoms with van der Waals surface area (Å²) in [6.07, 6.45) is 0. The van der Waals surface area contributed by atoms with Gasteiger partial charge in [0.15, 0.2) is 5.65 Å². The Bertz CT molecular complexity index is 1160. The lowest BCUT2D eigenvalue weighted by molar-refractivity contribution is -0.115. The van der Waals surface area contributed by atoms with Gasteiger partial charge < -0.3 is 9.88 Å². The summed E-state index contributed by atoms with van der Waals surface area (Å²) in [5, 5.41) is 13.2. The number of hydrogen-bond acceptors (Lipinski definition) is 5. The number of amides is 1. The Morgan fingerprint density at radius 2 is 1.93 bits per heavy atom. The van der Waals surface area contributed by atoms with Crippen LogP contribution in [0.5, 0.6) is 0 Å². The molecule has 142 valence electrons. The van der Waals surface area contributed by atoms with Gasteiger partial charge in [0.2, 0.25) is 11.1 Å². The molecular formula is C20H18ClN5OS. The third kappa shape index (κ3) is 3.55. The molecule has 2 heterocycles. The number of halogens is 1. The summed E-state index contributed by atoms with van der Waals surface area (Å²) in [5.41, 5.74) is 3.34. The van der Waals surface area contributed by atoms with Gasteiger partial charge in [-0.05, 0) is 44.2 Å². The predicted octanol–water partition coefficient (Wildman–Crippen LogP) is 4.77. The van der Waals surface area contributed by atoms with Crippen LogP contribution in [0.2, 0.25) is 5.02 Å². The number of aryl methyl sites for hydroxylation is 1. The quantitative estimate of drug-likeness (QED) is 0.479. The van der Waals surface area contributed by atoms with E-state index in [0.717, 1.165) is 28.6 Å². The number of nitrogens with zero attached hydrogens (tertiary/aromatic N) is 4. The van der Waals surface area contributed by atoms with Crippen molar-refractivity contribution in [3.63, 3.8) is 0 Å². The molecule has 6 nitrogen and oxygen atoms in total. The molecule has 1 atom stereocenters. The van der Waals surface area contributed by atoms with Crippen LogP contribution in [-0.2, 0) is 11.3 Å². The van der Waals surface area contributed by atoms with Gasteiger partial charge >= 0.3 is 0 Å². The molecule has 4 aromatic rings. The number of thioether (sulfide) groups is 1. The van der Waals surface area contributed by atoms with Crippen molar-refractivity contribution in [3.05, 3.63) is 53.6 Å². The smallest absolute Gasteiger partial charge is 0.237 e. The van der Waals surface area contributed by atoms with Gasteiger partial charge in [0, 0.05) is 22.6 Å². The summed E-state index contributed by atoms with van der Waals surface area (Å²) in [6.45, 7) is 4.67. The van der Waals surface area contributed by atoms with Crippen molar-refractivity contribution in [2.75, 3.05) is 5.32 Å². The minimum atomic E-state index is -0.380. The van der Waals surface area contributed by atoms with E-state index >= 15 is 0 Å². The third-order valence-corrected chi connectivity index (χ3v) is 5.64. The minimum Gasteiger partial charge on any atom is -0.325 e. The summed E-state index contributed by atoms with van der Waals surface area (Å²) in [5.74, 6) is -0.132.